The van der Waals surface area contributed by atoms with Gasteiger partial charge >= 0.3 is 0 Å². The van der Waals surface area contributed by atoms with E-state index in [0.29, 0.717) is 0 Å². The van der Waals surface area contributed by atoms with Gasteiger partial charge in [-0.25, -0.2) is 0 Å². The summed E-state index contributed by atoms with van der Waals surface area (Å²) in [5, 5.41) is 3.51. The van der Waals surface area contributed by atoms with E-state index in [2.05, 4.69) is 32.4 Å². The molecule has 0 spiro atoms. The number of aliphatic imine (C=N–C) groups is 1. The quantitative estimate of drug-likeness (QED) is 0.808. The van der Waals surface area contributed by atoms with Crippen molar-refractivity contribution in [2.75, 3.05) is 0 Å². The second-order valence-electron chi connectivity index (χ2n) is 5.36. The number of amidine groups is 1. The molecule has 23 heavy (non-hydrogen) atoms. The van der Waals surface area contributed by atoms with Gasteiger partial charge in [0.15, 0.2) is 0 Å². The van der Waals surface area contributed by atoms with Crippen LogP contribution in [0.4, 0.5) is 0 Å². The standard InChI is InChI=1S/C18H15N5/c1-4-13(10-19-7-1)16-17(14-5-2-8-20-11-14)23-18(22-16)15-6-3-9-21-12-15/h1-12,16-17H,(H,22,23)/t16-,17+. The Morgan fingerprint density at radius 3 is 2.00 bits per heavy atom. The van der Waals surface area contributed by atoms with Crippen molar-refractivity contribution in [1.82, 2.24) is 20.3 Å². The average Bonchev–Trinajstić information content (AvgIpc) is 3.09. The molecule has 5 nitrogen and oxygen atoms in total. The monoisotopic (exact) mass is 301 g/mol. The van der Waals surface area contributed by atoms with E-state index in [4.69, 9.17) is 4.99 Å². The molecule has 0 amide bonds. The first-order valence-corrected chi connectivity index (χ1v) is 7.46. The molecule has 1 N–H and O–H groups in total. The third-order valence-corrected chi connectivity index (χ3v) is 3.88. The number of aromatic nitrogens is 3. The predicted molar refractivity (Wildman–Crippen MR) is 87.9 cm³/mol. The molecule has 4 heterocycles. The van der Waals surface area contributed by atoms with Crippen LogP contribution in [-0.4, -0.2) is 20.8 Å². The first-order chi connectivity index (χ1) is 11.4. The van der Waals surface area contributed by atoms with Gasteiger partial charge in [0.25, 0.3) is 0 Å². The summed E-state index contributed by atoms with van der Waals surface area (Å²) in [4.78, 5) is 17.5. The summed E-state index contributed by atoms with van der Waals surface area (Å²) in [7, 11) is 0. The maximum atomic E-state index is 4.88. The minimum Gasteiger partial charge on any atom is -0.360 e. The van der Waals surface area contributed by atoms with Gasteiger partial charge < -0.3 is 5.32 Å². The Hall–Kier alpha value is -3.08. The Morgan fingerprint density at radius 2 is 1.39 bits per heavy atom. The van der Waals surface area contributed by atoms with Crippen LogP contribution in [0, 0.1) is 0 Å². The molecule has 0 unspecified atom stereocenters. The van der Waals surface area contributed by atoms with Gasteiger partial charge in [-0.05, 0) is 35.4 Å². The summed E-state index contributed by atoms with van der Waals surface area (Å²) in [6.45, 7) is 0. The highest BCUT2D eigenvalue weighted by Gasteiger charge is 2.32. The molecule has 3 aromatic heterocycles. The molecule has 0 aromatic carbocycles. The summed E-state index contributed by atoms with van der Waals surface area (Å²) < 4.78 is 0. The Labute approximate surface area is 134 Å². The van der Waals surface area contributed by atoms with Crippen LogP contribution in [0.2, 0.25) is 0 Å². The summed E-state index contributed by atoms with van der Waals surface area (Å²) in [6.07, 6.45) is 10.9. The molecule has 4 rings (SSSR count). The highest BCUT2D eigenvalue weighted by atomic mass is 15.1. The number of nitrogens with one attached hydrogen (secondary N) is 1. The van der Waals surface area contributed by atoms with Crippen molar-refractivity contribution in [2.24, 2.45) is 4.99 Å². The number of pyridine rings is 3. The molecular weight excluding hydrogens is 286 g/mol. The Bertz CT molecular complexity index is 803. The van der Waals surface area contributed by atoms with Gasteiger partial charge in [0.2, 0.25) is 0 Å². The van der Waals surface area contributed by atoms with Crippen LogP contribution in [0.1, 0.15) is 28.8 Å². The van der Waals surface area contributed by atoms with E-state index >= 15 is 0 Å². The van der Waals surface area contributed by atoms with E-state index in [9.17, 15) is 0 Å². The smallest absolute Gasteiger partial charge is 0.131 e. The third-order valence-electron chi connectivity index (χ3n) is 3.88. The molecule has 1 aliphatic rings. The summed E-state index contributed by atoms with van der Waals surface area (Å²) in [5.74, 6) is 0.848. The van der Waals surface area contributed by atoms with Crippen molar-refractivity contribution in [3.05, 3.63) is 90.3 Å². The van der Waals surface area contributed by atoms with Crippen molar-refractivity contribution in [2.45, 2.75) is 12.1 Å². The van der Waals surface area contributed by atoms with E-state index in [1.807, 2.05) is 42.9 Å². The SMILES string of the molecule is c1cncc(C2=N[C@H](c3cccnc3)[C@H](c3cccnc3)N2)c1. The van der Waals surface area contributed by atoms with Gasteiger partial charge in [0.05, 0.1) is 6.04 Å². The molecule has 0 bridgehead atoms. The fourth-order valence-corrected chi connectivity index (χ4v) is 2.78. The molecule has 112 valence electrons. The zero-order chi connectivity index (χ0) is 15.5. The molecule has 0 aliphatic carbocycles. The maximum absolute atomic E-state index is 4.88. The minimum absolute atomic E-state index is 0.0307. The number of nitrogens with zero attached hydrogens (tertiary/aromatic N) is 4. The van der Waals surface area contributed by atoms with Crippen molar-refractivity contribution >= 4 is 5.84 Å². The molecule has 3 aromatic rings. The Balaban J connectivity index is 1.75. The van der Waals surface area contributed by atoms with E-state index in [0.717, 1.165) is 22.5 Å². The van der Waals surface area contributed by atoms with Crippen molar-refractivity contribution in [1.29, 1.82) is 0 Å². The van der Waals surface area contributed by atoms with Gasteiger partial charge in [0.1, 0.15) is 11.9 Å². The van der Waals surface area contributed by atoms with Crippen LogP contribution in [-0.2, 0) is 0 Å². The lowest BCUT2D eigenvalue weighted by molar-refractivity contribution is 0.569. The van der Waals surface area contributed by atoms with Crippen LogP contribution in [0.5, 0.6) is 0 Å². The van der Waals surface area contributed by atoms with Crippen molar-refractivity contribution in [3.63, 3.8) is 0 Å². The van der Waals surface area contributed by atoms with Crippen LogP contribution in [0.15, 0.2) is 78.6 Å². The molecule has 0 saturated heterocycles. The minimum atomic E-state index is -0.0388. The fraction of sp³-hybridized carbons (Fsp3) is 0.111. The molecule has 0 radical (unpaired) electrons. The highest BCUT2D eigenvalue weighted by Crippen LogP contribution is 2.36. The normalized spacial score (nSPS) is 19.9. The lowest BCUT2D eigenvalue weighted by atomic mass is 9.97. The summed E-state index contributed by atoms with van der Waals surface area (Å²) in [6, 6.07) is 11.9. The molecule has 1 aliphatic heterocycles. The first-order valence-electron chi connectivity index (χ1n) is 7.46. The predicted octanol–water partition coefficient (Wildman–Crippen LogP) is 2.70. The zero-order valence-corrected chi connectivity index (χ0v) is 12.4. The fourth-order valence-electron chi connectivity index (χ4n) is 2.78. The number of hydrogen-bond donors (Lipinski definition) is 1. The van der Waals surface area contributed by atoms with Crippen LogP contribution in [0.25, 0.3) is 0 Å². The zero-order valence-electron chi connectivity index (χ0n) is 12.4. The van der Waals surface area contributed by atoms with Crippen LogP contribution < -0.4 is 5.32 Å². The topological polar surface area (TPSA) is 63.1 Å². The third kappa shape index (κ3) is 2.68. The molecular formula is C18H15N5. The van der Waals surface area contributed by atoms with Gasteiger partial charge in [-0.1, -0.05) is 12.1 Å². The Kier molecular flexibility index (Phi) is 3.52. The van der Waals surface area contributed by atoms with E-state index in [1.165, 1.54) is 0 Å². The first kappa shape index (κ1) is 13.6. The molecule has 0 saturated carbocycles. The summed E-state index contributed by atoms with van der Waals surface area (Å²) in [5.41, 5.74) is 3.16. The van der Waals surface area contributed by atoms with Crippen molar-refractivity contribution in [3.8, 4) is 0 Å². The highest BCUT2D eigenvalue weighted by molar-refractivity contribution is 6.00. The van der Waals surface area contributed by atoms with Gasteiger partial charge in [-0.3, -0.25) is 19.9 Å². The van der Waals surface area contributed by atoms with Gasteiger partial charge in [-0.15, -0.1) is 0 Å². The van der Waals surface area contributed by atoms with Gasteiger partial charge in [0, 0.05) is 42.7 Å². The Morgan fingerprint density at radius 1 is 0.739 bits per heavy atom. The second-order valence-corrected chi connectivity index (χ2v) is 5.36. The van der Waals surface area contributed by atoms with Crippen molar-refractivity contribution < 1.29 is 0 Å². The van der Waals surface area contributed by atoms with E-state index in [-0.39, 0.29) is 12.1 Å². The lowest BCUT2D eigenvalue weighted by Crippen LogP contribution is -2.25. The summed E-state index contributed by atoms with van der Waals surface area (Å²) >= 11 is 0. The molecule has 2 atom stereocenters. The largest absolute Gasteiger partial charge is 0.360 e. The van der Waals surface area contributed by atoms with E-state index in [1.54, 1.807) is 18.6 Å². The molecule has 5 heteroatoms. The number of rotatable bonds is 3. The second kappa shape index (κ2) is 5.96. The maximum Gasteiger partial charge on any atom is 0.131 e. The molecule has 0 fully saturated rings. The van der Waals surface area contributed by atoms with Crippen LogP contribution in [0.3, 0.4) is 0 Å². The lowest BCUT2D eigenvalue weighted by Gasteiger charge is -2.18. The van der Waals surface area contributed by atoms with Crippen LogP contribution >= 0.6 is 0 Å². The number of hydrogen-bond acceptors (Lipinski definition) is 5. The van der Waals surface area contributed by atoms with Gasteiger partial charge in [-0.2, -0.15) is 0 Å². The van der Waals surface area contributed by atoms with E-state index < -0.39 is 0 Å². The average molecular weight is 301 g/mol.